The second kappa shape index (κ2) is 6.50. The molecule has 2 aromatic carbocycles. The minimum atomic E-state index is -4.48. The van der Waals surface area contributed by atoms with Gasteiger partial charge in [-0.2, -0.15) is 13.2 Å². The Morgan fingerprint density at radius 1 is 1.12 bits per heavy atom. The van der Waals surface area contributed by atoms with Crippen molar-refractivity contribution in [3.8, 4) is 0 Å². The molecule has 0 atom stereocenters. The zero-order valence-electron chi connectivity index (χ0n) is 12.0. The van der Waals surface area contributed by atoms with Crippen LogP contribution in [0.1, 0.15) is 11.1 Å². The Morgan fingerprint density at radius 2 is 1.79 bits per heavy atom. The summed E-state index contributed by atoms with van der Waals surface area (Å²) in [5, 5.41) is 0.726. The van der Waals surface area contributed by atoms with Crippen molar-refractivity contribution in [1.29, 1.82) is 0 Å². The van der Waals surface area contributed by atoms with E-state index in [0.29, 0.717) is 20.5 Å². The van der Waals surface area contributed by atoms with Gasteiger partial charge in [0.25, 0.3) is 0 Å². The van der Waals surface area contributed by atoms with Gasteiger partial charge in [0.05, 0.1) is 23.5 Å². The number of carbonyl (C=O) groups is 1. The predicted molar refractivity (Wildman–Crippen MR) is 89.8 cm³/mol. The number of halogens is 5. The Morgan fingerprint density at radius 3 is 2.42 bits per heavy atom. The minimum absolute atomic E-state index is 0.0201. The molecule has 2 aromatic rings. The van der Waals surface area contributed by atoms with Crippen molar-refractivity contribution < 1.29 is 18.0 Å². The average Bonchev–Trinajstić information content (AvgIpc) is 2.51. The third kappa shape index (κ3) is 3.36. The first-order valence-electron chi connectivity index (χ1n) is 6.84. The fourth-order valence-electron chi connectivity index (χ4n) is 2.39. The Kier molecular flexibility index (Phi) is 4.73. The van der Waals surface area contributed by atoms with E-state index in [4.69, 9.17) is 23.2 Å². The van der Waals surface area contributed by atoms with E-state index in [0.717, 1.165) is 12.1 Å². The molecule has 1 heterocycles. The second-order valence-corrected chi connectivity index (χ2v) is 6.98. The number of thioether (sulfide) groups is 1. The summed E-state index contributed by atoms with van der Waals surface area (Å²) < 4.78 is 39.0. The smallest absolute Gasteiger partial charge is 0.306 e. The van der Waals surface area contributed by atoms with E-state index in [1.807, 2.05) is 0 Å². The highest BCUT2D eigenvalue weighted by Gasteiger charge is 2.34. The third-order valence-electron chi connectivity index (χ3n) is 3.61. The summed E-state index contributed by atoms with van der Waals surface area (Å²) in [6.45, 7) is 0.0201. The Bertz CT molecular complexity index is 790. The lowest BCUT2D eigenvalue weighted by Gasteiger charge is -2.30. The monoisotopic (exact) mass is 391 g/mol. The van der Waals surface area contributed by atoms with Gasteiger partial charge >= 0.3 is 6.18 Å². The van der Waals surface area contributed by atoms with Crippen LogP contribution in [-0.2, 0) is 17.5 Å². The molecule has 0 fully saturated rings. The molecular weight excluding hydrogens is 382 g/mol. The molecule has 0 aliphatic carbocycles. The van der Waals surface area contributed by atoms with E-state index in [9.17, 15) is 18.0 Å². The zero-order chi connectivity index (χ0) is 17.5. The molecule has 8 heteroatoms. The molecule has 0 spiro atoms. The fourth-order valence-corrected chi connectivity index (χ4v) is 3.83. The van der Waals surface area contributed by atoms with Crippen molar-refractivity contribution in [2.24, 2.45) is 0 Å². The highest BCUT2D eigenvalue weighted by Crippen LogP contribution is 2.41. The van der Waals surface area contributed by atoms with E-state index >= 15 is 0 Å². The SMILES string of the molecule is O=C1CSc2ccc(C(F)(F)F)cc2N1Cc1c(Cl)cccc1Cl. The Labute approximate surface area is 150 Å². The lowest BCUT2D eigenvalue weighted by Crippen LogP contribution is -2.35. The molecule has 0 saturated carbocycles. The van der Waals surface area contributed by atoms with Gasteiger partial charge in [0.2, 0.25) is 5.91 Å². The van der Waals surface area contributed by atoms with Crippen molar-refractivity contribution in [2.45, 2.75) is 17.6 Å². The quantitative estimate of drug-likeness (QED) is 0.658. The van der Waals surface area contributed by atoms with Crippen LogP contribution >= 0.6 is 35.0 Å². The third-order valence-corrected chi connectivity index (χ3v) is 5.36. The van der Waals surface area contributed by atoms with Crippen molar-refractivity contribution in [3.05, 3.63) is 57.6 Å². The van der Waals surface area contributed by atoms with Crippen LogP contribution in [0.4, 0.5) is 18.9 Å². The number of hydrogen-bond donors (Lipinski definition) is 0. The number of nitrogens with zero attached hydrogens (tertiary/aromatic N) is 1. The maximum absolute atomic E-state index is 13.0. The van der Waals surface area contributed by atoms with Crippen LogP contribution in [-0.4, -0.2) is 11.7 Å². The van der Waals surface area contributed by atoms with Gasteiger partial charge in [0.1, 0.15) is 0 Å². The van der Waals surface area contributed by atoms with Crippen LogP contribution in [0, 0.1) is 0 Å². The van der Waals surface area contributed by atoms with Crippen LogP contribution in [0.15, 0.2) is 41.3 Å². The van der Waals surface area contributed by atoms with Crippen molar-refractivity contribution in [3.63, 3.8) is 0 Å². The van der Waals surface area contributed by atoms with E-state index in [-0.39, 0.29) is 23.9 Å². The summed E-state index contributed by atoms with van der Waals surface area (Å²) in [6, 6.07) is 8.30. The van der Waals surface area contributed by atoms with Gasteiger partial charge < -0.3 is 4.90 Å². The predicted octanol–water partition coefficient (Wildman–Crippen LogP) is 5.65. The second-order valence-electron chi connectivity index (χ2n) is 5.15. The lowest BCUT2D eigenvalue weighted by molar-refractivity contribution is -0.137. The van der Waals surface area contributed by atoms with Gasteiger partial charge in [-0.05, 0) is 30.3 Å². The number of anilines is 1. The van der Waals surface area contributed by atoms with Gasteiger partial charge in [-0.1, -0.05) is 29.3 Å². The Hall–Kier alpha value is -1.37. The molecule has 0 saturated heterocycles. The van der Waals surface area contributed by atoms with Crippen LogP contribution in [0.5, 0.6) is 0 Å². The van der Waals surface area contributed by atoms with Crippen molar-refractivity contribution in [2.75, 3.05) is 10.7 Å². The van der Waals surface area contributed by atoms with Gasteiger partial charge in [-0.25, -0.2) is 0 Å². The zero-order valence-corrected chi connectivity index (χ0v) is 14.4. The highest BCUT2D eigenvalue weighted by molar-refractivity contribution is 8.00. The number of carbonyl (C=O) groups excluding carboxylic acids is 1. The average molecular weight is 392 g/mol. The number of fused-ring (bicyclic) bond motifs is 1. The molecule has 3 rings (SSSR count). The van der Waals surface area contributed by atoms with E-state index in [1.54, 1.807) is 18.2 Å². The first-order valence-corrected chi connectivity index (χ1v) is 8.59. The maximum Gasteiger partial charge on any atom is 0.416 e. The largest absolute Gasteiger partial charge is 0.416 e. The number of hydrogen-bond acceptors (Lipinski definition) is 2. The highest BCUT2D eigenvalue weighted by atomic mass is 35.5. The summed E-state index contributed by atoms with van der Waals surface area (Å²) in [5.74, 6) is -0.136. The van der Waals surface area contributed by atoms with Crippen LogP contribution in [0.2, 0.25) is 10.0 Å². The molecule has 1 aliphatic heterocycles. The fraction of sp³-hybridized carbons (Fsp3) is 0.188. The van der Waals surface area contributed by atoms with E-state index in [2.05, 4.69) is 0 Å². The van der Waals surface area contributed by atoms with Gasteiger partial charge in [0.15, 0.2) is 0 Å². The summed E-state index contributed by atoms with van der Waals surface area (Å²) in [5.41, 5.74) is -0.0710. The van der Waals surface area contributed by atoms with E-state index in [1.165, 1.54) is 22.7 Å². The van der Waals surface area contributed by atoms with E-state index < -0.39 is 11.7 Å². The van der Waals surface area contributed by atoms with Gasteiger partial charge in [-0.3, -0.25) is 4.79 Å². The van der Waals surface area contributed by atoms with Crippen LogP contribution in [0.3, 0.4) is 0 Å². The molecule has 2 nitrogen and oxygen atoms in total. The first kappa shape index (κ1) is 17.5. The first-order chi connectivity index (χ1) is 11.3. The molecule has 0 aromatic heterocycles. The Balaban J connectivity index is 2.05. The van der Waals surface area contributed by atoms with Gasteiger partial charge in [0, 0.05) is 20.5 Å². The molecule has 1 amide bonds. The summed E-state index contributed by atoms with van der Waals surface area (Å²) >= 11 is 13.5. The number of benzene rings is 2. The number of amides is 1. The molecule has 0 unspecified atom stereocenters. The summed E-state index contributed by atoms with van der Waals surface area (Å²) in [6.07, 6.45) is -4.48. The topological polar surface area (TPSA) is 20.3 Å². The van der Waals surface area contributed by atoms with Crippen LogP contribution in [0.25, 0.3) is 0 Å². The molecule has 0 N–H and O–H groups in total. The minimum Gasteiger partial charge on any atom is -0.306 e. The van der Waals surface area contributed by atoms with Gasteiger partial charge in [-0.15, -0.1) is 11.8 Å². The molecule has 126 valence electrons. The van der Waals surface area contributed by atoms with Crippen molar-refractivity contribution in [1.82, 2.24) is 0 Å². The lowest BCUT2D eigenvalue weighted by atomic mass is 10.1. The number of alkyl halides is 3. The molecule has 0 bridgehead atoms. The van der Waals surface area contributed by atoms with Crippen LogP contribution < -0.4 is 4.90 Å². The summed E-state index contributed by atoms with van der Waals surface area (Å²) in [4.78, 5) is 14.2. The normalized spacial score (nSPS) is 14.7. The molecular formula is C16H10Cl2F3NOS. The standard InChI is InChI=1S/C16H10Cl2F3NOS/c17-11-2-1-3-12(18)10(11)7-22-13-6-9(16(19,20)21)4-5-14(13)24-8-15(22)23/h1-6H,7-8H2. The van der Waals surface area contributed by atoms with Crippen molar-refractivity contribution >= 4 is 46.6 Å². The number of rotatable bonds is 2. The molecule has 1 aliphatic rings. The molecule has 0 radical (unpaired) electrons. The maximum atomic E-state index is 13.0. The molecule has 24 heavy (non-hydrogen) atoms. The summed E-state index contributed by atoms with van der Waals surface area (Å²) in [7, 11) is 0.